The fourth-order valence-corrected chi connectivity index (χ4v) is 3.45. The molecule has 0 spiro atoms. The van der Waals surface area contributed by atoms with Crippen molar-refractivity contribution in [3.05, 3.63) is 48.2 Å². The molecule has 0 bridgehead atoms. The lowest BCUT2D eigenvalue weighted by Crippen LogP contribution is -2.49. The molecule has 1 aliphatic heterocycles. The number of pyridine rings is 1. The molecule has 9 heteroatoms. The third kappa shape index (κ3) is 3.51. The maximum atomic E-state index is 12.6. The predicted octanol–water partition coefficient (Wildman–Crippen LogP) is 0.664. The van der Waals surface area contributed by atoms with Crippen molar-refractivity contribution in [2.24, 2.45) is 5.73 Å². The highest BCUT2D eigenvalue weighted by atomic mass is 16.2. The summed E-state index contributed by atoms with van der Waals surface area (Å²) in [6.07, 6.45) is 2.01. The van der Waals surface area contributed by atoms with Crippen molar-refractivity contribution in [3.8, 4) is 0 Å². The number of rotatable bonds is 5. The van der Waals surface area contributed by atoms with Crippen molar-refractivity contribution in [1.29, 1.82) is 0 Å². The molecule has 3 aromatic rings. The lowest BCUT2D eigenvalue weighted by molar-refractivity contribution is -0.131. The van der Waals surface area contributed by atoms with E-state index in [-0.39, 0.29) is 5.91 Å². The molecule has 1 fully saturated rings. The van der Waals surface area contributed by atoms with Gasteiger partial charge in [-0.15, -0.1) is 5.10 Å². The number of aryl methyl sites for hydroxylation is 1. The zero-order valence-corrected chi connectivity index (χ0v) is 15.4. The summed E-state index contributed by atoms with van der Waals surface area (Å²) in [5, 5.41) is 8.24. The van der Waals surface area contributed by atoms with Crippen LogP contribution in [0.25, 0.3) is 11.0 Å². The van der Waals surface area contributed by atoms with E-state index in [0.717, 1.165) is 11.0 Å². The lowest BCUT2D eigenvalue weighted by Gasteiger charge is -2.36. The number of aromatic nitrogens is 4. The zero-order chi connectivity index (χ0) is 19.5. The van der Waals surface area contributed by atoms with E-state index >= 15 is 0 Å². The normalized spacial score (nSPS) is 14.4. The van der Waals surface area contributed by atoms with Crippen LogP contribution in [0.15, 0.2) is 42.6 Å². The molecular formula is C19H21N7O2. The molecule has 0 radical (unpaired) electrons. The SMILES string of the molecule is NC(=O)c1cccnc1N1CCN(C(=O)CCn2nnc3ccccc32)CC1. The molecule has 2 N–H and O–H groups in total. The largest absolute Gasteiger partial charge is 0.365 e. The second-order valence-corrected chi connectivity index (χ2v) is 6.66. The first-order valence-electron chi connectivity index (χ1n) is 9.19. The molecule has 9 nitrogen and oxygen atoms in total. The Labute approximate surface area is 161 Å². The average molecular weight is 379 g/mol. The number of fused-ring (bicyclic) bond motifs is 1. The minimum atomic E-state index is -0.498. The lowest BCUT2D eigenvalue weighted by atomic mass is 10.2. The van der Waals surface area contributed by atoms with Gasteiger partial charge in [-0.25, -0.2) is 9.67 Å². The van der Waals surface area contributed by atoms with Crippen molar-refractivity contribution in [2.75, 3.05) is 31.1 Å². The van der Waals surface area contributed by atoms with Crippen molar-refractivity contribution < 1.29 is 9.59 Å². The number of piperazine rings is 1. The van der Waals surface area contributed by atoms with E-state index in [1.807, 2.05) is 34.1 Å². The van der Waals surface area contributed by atoms with Gasteiger partial charge in [0.1, 0.15) is 11.3 Å². The Kier molecular flexibility index (Phi) is 4.88. The van der Waals surface area contributed by atoms with Gasteiger partial charge in [0, 0.05) is 38.8 Å². The van der Waals surface area contributed by atoms with Gasteiger partial charge in [-0.1, -0.05) is 17.3 Å². The summed E-state index contributed by atoms with van der Waals surface area (Å²) in [6, 6.07) is 11.1. The summed E-state index contributed by atoms with van der Waals surface area (Å²) < 4.78 is 1.76. The number of carbonyl (C=O) groups is 2. The van der Waals surface area contributed by atoms with Crippen molar-refractivity contribution in [3.63, 3.8) is 0 Å². The highest BCUT2D eigenvalue weighted by molar-refractivity contribution is 5.97. The molecule has 1 aromatic carbocycles. The van der Waals surface area contributed by atoms with E-state index in [2.05, 4.69) is 15.3 Å². The first-order chi connectivity index (χ1) is 13.6. The zero-order valence-electron chi connectivity index (χ0n) is 15.4. The van der Waals surface area contributed by atoms with E-state index in [0.29, 0.717) is 50.5 Å². The molecule has 0 atom stereocenters. The van der Waals surface area contributed by atoms with Crippen LogP contribution in [0.3, 0.4) is 0 Å². The summed E-state index contributed by atoms with van der Waals surface area (Å²) in [5.41, 5.74) is 7.59. The van der Waals surface area contributed by atoms with Gasteiger partial charge in [-0.2, -0.15) is 0 Å². The van der Waals surface area contributed by atoms with Crippen LogP contribution in [-0.4, -0.2) is 62.9 Å². The van der Waals surface area contributed by atoms with Gasteiger partial charge in [0.15, 0.2) is 0 Å². The molecule has 2 amide bonds. The van der Waals surface area contributed by atoms with Crippen LogP contribution in [0, 0.1) is 0 Å². The summed E-state index contributed by atoms with van der Waals surface area (Å²) in [4.78, 5) is 32.3. The summed E-state index contributed by atoms with van der Waals surface area (Å²) in [6.45, 7) is 2.85. The van der Waals surface area contributed by atoms with Crippen molar-refractivity contribution in [1.82, 2.24) is 24.9 Å². The molecule has 28 heavy (non-hydrogen) atoms. The van der Waals surface area contributed by atoms with Crippen molar-refractivity contribution >= 4 is 28.7 Å². The van der Waals surface area contributed by atoms with Gasteiger partial charge in [0.2, 0.25) is 5.91 Å². The Hall–Kier alpha value is -3.49. The van der Waals surface area contributed by atoms with Crippen LogP contribution < -0.4 is 10.6 Å². The monoisotopic (exact) mass is 379 g/mol. The fourth-order valence-electron chi connectivity index (χ4n) is 3.45. The molecule has 1 aliphatic rings. The third-order valence-corrected chi connectivity index (χ3v) is 4.94. The second-order valence-electron chi connectivity index (χ2n) is 6.66. The average Bonchev–Trinajstić information content (AvgIpc) is 3.15. The Morgan fingerprint density at radius 2 is 1.82 bits per heavy atom. The number of benzene rings is 1. The Morgan fingerprint density at radius 1 is 1.04 bits per heavy atom. The summed E-state index contributed by atoms with van der Waals surface area (Å²) >= 11 is 0. The van der Waals surface area contributed by atoms with Gasteiger partial charge < -0.3 is 15.5 Å². The van der Waals surface area contributed by atoms with Crippen LogP contribution in [0.5, 0.6) is 0 Å². The van der Waals surface area contributed by atoms with E-state index in [4.69, 9.17) is 5.73 Å². The third-order valence-electron chi connectivity index (χ3n) is 4.94. The molecule has 3 heterocycles. The number of primary amides is 1. The molecule has 144 valence electrons. The maximum Gasteiger partial charge on any atom is 0.252 e. The van der Waals surface area contributed by atoms with Gasteiger partial charge in [0.25, 0.3) is 5.91 Å². The van der Waals surface area contributed by atoms with E-state index in [9.17, 15) is 9.59 Å². The quantitative estimate of drug-likeness (QED) is 0.697. The van der Waals surface area contributed by atoms with Gasteiger partial charge in [-0.05, 0) is 24.3 Å². The number of para-hydroxylation sites is 1. The minimum absolute atomic E-state index is 0.0791. The number of amides is 2. The minimum Gasteiger partial charge on any atom is -0.365 e. The van der Waals surface area contributed by atoms with Crippen LogP contribution in [-0.2, 0) is 11.3 Å². The standard InChI is InChI=1S/C19H21N7O2/c20-18(28)14-4-3-8-21-19(14)25-12-10-24(11-13-25)17(27)7-9-26-16-6-2-1-5-15(16)22-23-26/h1-6,8H,7,9-13H2,(H2,20,28). The number of nitrogens with zero attached hydrogens (tertiary/aromatic N) is 6. The van der Waals surface area contributed by atoms with Gasteiger partial charge in [-0.3, -0.25) is 9.59 Å². The molecule has 0 unspecified atom stereocenters. The van der Waals surface area contributed by atoms with E-state index in [1.54, 1.807) is 23.0 Å². The van der Waals surface area contributed by atoms with E-state index in [1.165, 1.54) is 0 Å². The fraction of sp³-hybridized carbons (Fsp3) is 0.316. The van der Waals surface area contributed by atoms with Crippen LogP contribution >= 0.6 is 0 Å². The maximum absolute atomic E-state index is 12.6. The summed E-state index contributed by atoms with van der Waals surface area (Å²) in [5.74, 6) is 0.160. The predicted molar refractivity (Wildman–Crippen MR) is 104 cm³/mol. The highest BCUT2D eigenvalue weighted by Gasteiger charge is 2.24. The summed E-state index contributed by atoms with van der Waals surface area (Å²) in [7, 11) is 0. The number of hydrogen-bond acceptors (Lipinski definition) is 6. The van der Waals surface area contributed by atoms with Gasteiger partial charge in [0.05, 0.1) is 17.6 Å². The number of nitrogens with two attached hydrogens (primary N) is 1. The highest BCUT2D eigenvalue weighted by Crippen LogP contribution is 2.19. The Bertz CT molecular complexity index is 1010. The number of anilines is 1. The first kappa shape index (κ1) is 17.9. The topological polar surface area (TPSA) is 110 Å². The van der Waals surface area contributed by atoms with Crippen molar-refractivity contribution in [2.45, 2.75) is 13.0 Å². The van der Waals surface area contributed by atoms with Crippen LogP contribution in [0.1, 0.15) is 16.8 Å². The van der Waals surface area contributed by atoms with E-state index < -0.39 is 5.91 Å². The number of hydrogen-bond donors (Lipinski definition) is 1. The smallest absolute Gasteiger partial charge is 0.252 e. The molecule has 1 saturated heterocycles. The molecule has 2 aromatic heterocycles. The molecule has 4 rings (SSSR count). The second kappa shape index (κ2) is 7.63. The Morgan fingerprint density at radius 3 is 2.61 bits per heavy atom. The van der Waals surface area contributed by atoms with Crippen LogP contribution in [0.2, 0.25) is 0 Å². The molecule has 0 saturated carbocycles. The van der Waals surface area contributed by atoms with Crippen LogP contribution in [0.4, 0.5) is 5.82 Å². The molecular weight excluding hydrogens is 358 g/mol. The first-order valence-corrected chi connectivity index (χ1v) is 9.19. The number of carbonyl (C=O) groups excluding carboxylic acids is 2. The van der Waals surface area contributed by atoms with Gasteiger partial charge >= 0.3 is 0 Å². The molecule has 0 aliphatic carbocycles. The Balaban J connectivity index is 1.35.